The first-order valence-corrected chi connectivity index (χ1v) is 7.27. The Labute approximate surface area is 130 Å². The van der Waals surface area contributed by atoms with E-state index in [1.165, 1.54) is 12.7 Å². The SMILES string of the molecule is CONC(=O)c1cccc2c1[C@](C)(Cc1ccccc1)CO2. The van der Waals surface area contributed by atoms with Crippen molar-refractivity contribution in [3.05, 3.63) is 65.2 Å². The van der Waals surface area contributed by atoms with E-state index in [4.69, 9.17) is 9.57 Å². The summed E-state index contributed by atoms with van der Waals surface area (Å²) in [6, 6.07) is 15.8. The van der Waals surface area contributed by atoms with Crippen LogP contribution < -0.4 is 10.2 Å². The molecule has 0 spiro atoms. The van der Waals surface area contributed by atoms with E-state index in [9.17, 15) is 4.79 Å². The van der Waals surface area contributed by atoms with Crippen LogP contribution in [0.1, 0.15) is 28.4 Å². The van der Waals surface area contributed by atoms with E-state index in [-0.39, 0.29) is 11.3 Å². The third kappa shape index (κ3) is 2.57. The predicted molar refractivity (Wildman–Crippen MR) is 83.9 cm³/mol. The molecule has 1 heterocycles. The number of carbonyl (C=O) groups excluding carboxylic acids is 1. The fourth-order valence-electron chi connectivity index (χ4n) is 3.11. The number of carbonyl (C=O) groups is 1. The van der Waals surface area contributed by atoms with E-state index in [1.54, 1.807) is 0 Å². The smallest absolute Gasteiger partial charge is 0.275 e. The topological polar surface area (TPSA) is 47.6 Å². The summed E-state index contributed by atoms with van der Waals surface area (Å²) in [7, 11) is 1.43. The molecule has 1 N–H and O–H groups in total. The van der Waals surface area contributed by atoms with Gasteiger partial charge in [-0.2, -0.15) is 0 Å². The molecule has 2 aromatic rings. The van der Waals surface area contributed by atoms with Gasteiger partial charge in [-0.3, -0.25) is 9.63 Å². The summed E-state index contributed by atoms with van der Waals surface area (Å²) in [6.45, 7) is 2.70. The number of hydroxylamine groups is 1. The van der Waals surface area contributed by atoms with Crippen molar-refractivity contribution >= 4 is 5.91 Å². The summed E-state index contributed by atoms with van der Waals surface area (Å²) < 4.78 is 5.83. The molecule has 0 aromatic heterocycles. The number of rotatable bonds is 4. The van der Waals surface area contributed by atoms with Crippen LogP contribution >= 0.6 is 0 Å². The van der Waals surface area contributed by atoms with Crippen LogP contribution in [0.2, 0.25) is 0 Å². The third-order valence-electron chi connectivity index (χ3n) is 4.05. The van der Waals surface area contributed by atoms with Gasteiger partial charge in [-0.1, -0.05) is 43.3 Å². The zero-order valence-corrected chi connectivity index (χ0v) is 12.8. The number of hydrogen-bond acceptors (Lipinski definition) is 3. The van der Waals surface area contributed by atoms with Gasteiger partial charge >= 0.3 is 0 Å². The van der Waals surface area contributed by atoms with Gasteiger partial charge in [-0.05, 0) is 24.1 Å². The fraction of sp³-hybridized carbons (Fsp3) is 0.278. The maximum atomic E-state index is 12.3. The second-order valence-corrected chi connectivity index (χ2v) is 5.83. The first kappa shape index (κ1) is 14.6. The lowest BCUT2D eigenvalue weighted by Gasteiger charge is -2.24. The summed E-state index contributed by atoms with van der Waals surface area (Å²) >= 11 is 0. The largest absolute Gasteiger partial charge is 0.492 e. The highest BCUT2D eigenvalue weighted by atomic mass is 16.6. The van der Waals surface area contributed by atoms with Crippen molar-refractivity contribution in [1.29, 1.82) is 0 Å². The molecule has 0 radical (unpaired) electrons. The molecule has 2 aromatic carbocycles. The quantitative estimate of drug-likeness (QED) is 0.883. The average molecular weight is 297 g/mol. The van der Waals surface area contributed by atoms with Crippen molar-refractivity contribution in [3.63, 3.8) is 0 Å². The molecule has 22 heavy (non-hydrogen) atoms. The van der Waals surface area contributed by atoms with Gasteiger partial charge in [-0.25, -0.2) is 5.48 Å². The molecular formula is C18H19NO3. The van der Waals surface area contributed by atoms with Gasteiger partial charge in [0.15, 0.2) is 0 Å². The Morgan fingerprint density at radius 1 is 1.23 bits per heavy atom. The molecule has 0 saturated heterocycles. The standard InChI is InChI=1S/C18H19NO3/c1-18(11-13-7-4-3-5-8-13)12-22-15-10-6-9-14(16(15)18)17(20)19-21-2/h3-10H,11-12H2,1-2H3,(H,19,20)/t18-/m1/s1. The van der Waals surface area contributed by atoms with Gasteiger partial charge in [0, 0.05) is 16.5 Å². The van der Waals surface area contributed by atoms with E-state index in [2.05, 4.69) is 24.5 Å². The second-order valence-electron chi connectivity index (χ2n) is 5.83. The van der Waals surface area contributed by atoms with Gasteiger partial charge in [0.25, 0.3) is 5.91 Å². The zero-order valence-electron chi connectivity index (χ0n) is 12.8. The lowest BCUT2D eigenvalue weighted by atomic mass is 9.77. The van der Waals surface area contributed by atoms with Crippen molar-refractivity contribution < 1.29 is 14.4 Å². The van der Waals surface area contributed by atoms with Gasteiger partial charge in [0.05, 0.1) is 13.7 Å². The van der Waals surface area contributed by atoms with Crippen LogP contribution in [0.25, 0.3) is 0 Å². The van der Waals surface area contributed by atoms with E-state index in [1.807, 2.05) is 36.4 Å². The van der Waals surface area contributed by atoms with Gasteiger partial charge in [-0.15, -0.1) is 0 Å². The van der Waals surface area contributed by atoms with Crippen LogP contribution in [0.15, 0.2) is 48.5 Å². The van der Waals surface area contributed by atoms with E-state index >= 15 is 0 Å². The molecule has 3 rings (SSSR count). The summed E-state index contributed by atoms with van der Waals surface area (Å²) in [6.07, 6.45) is 0.818. The number of hydrogen-bond donors (Lipinski definition) is 1. The number of benzene rings is 2. The monoisotopic (exact) mass is 297 g/mol. The Morgan fingerprint density at radius 3 is 2.73 bits per heavy atom. The number of fused-ring (bicyclic) bond motifs is 1. The van der Waals surface area contributed by atoms with Crippen molar-refractivity contribution in [2.45, 2.75) is 18.8 Å². The van der Waals surface area contributed by atoms with Crippen molar-refractivity contribution in [2.24, 2.45) is 0 Å². The maximum absolute atomic E-state index is 12.3. The molecule has 1 atom stereocenters. The lowest BCUT2D eigenvalue weighted by molar-refractivity contribution is 0.0535. The van der Waals surface area contributed by atoms with Crippen molar-refractivity contribution in [3.8, 4) is 5.75 Å². The molecule has 4 nitrogen and oxygen atoms in total. The van der Waals surface area contributed by atoms with Crippen LogP contribution in [0.3, 0.4) is 0 Å². The molecule has 0 saturated carbocycles. The minimum Gasteiger partial charge on any atom is -0.492 e. The normalized spacial score (nSPS) is 19.4. The Hall–Kier alpha value is -2.33. The molecule has 4 heteroatoms. The van der Waals surface area contributed by atoms with Crippen LogP contribution in [0, 0.1) is 0 Å². The highest BCUT2D eigenvalue weighted by Crippen LogP contribution is 2.42. The molecule has 1 aliphatic rings. The molecule has 0 bridgehead atoms. The number of ether oxygens (including phenoxy) is 1. The molecular weight excluding hydrogens is 278 g/mol. The van der Waals surface area contributed by atoms with Crippen molar-refractivity contribution in [2.75, 3.05) is 13.7 Å². The Bertz CT molecular complexity index is 684. The minimum atomic E-state index is -0.246. The maximum Gasteiger partial charge on any atom is 0.275 e. The number of amides is 1. The lowest BCUT2D eigenvalue weighted by Crippen LogP contribution is -2.31. The number of nitrogens with one attached hydrogen (secondary N) is 1. The minimum absolute atomic E-state index is 0.238. The van der Waals surface area contributed by atoms with Gasteiger partial charge in [0.2, 0.25) is 0 Å². The highest BCUT2D eigenvalue weighted by molar-refractivity contribution is 5.96. The van der Waals surface area contributed by atoms with E-state index in [0.29, 0.717) is 12.2 Å². The third-order valence-corrected chi connectivity index (χ3v) is 4.05. The first-order chi connectivity index (χ1) is 10.6. The molecule has 1 amide bonds. The second kappa shape index (κ2) is 5.81. The van der Waals surface area contributed by atoms with Gasteiger partial charge in [0.1, 0.15) is 5.75 Å². The first-order valence-electron chi connectivity index (χ1n) is 7.27. The fourth-order valence-corrected chi connectivity index (χ4v) is 3.11. The summed E-state index contributed by atoms with van der Waals surface area (Å²) in [5.41, 5.74) is 4.95. The molecule has 1 aliphatic heterocycles. The van der Waals surface area contributed by atoms with Crippen LogP contribution in [-0.4, -0.2) is 19.6 Å². The Balaban J connectivity index is 2.00. The summed E-state index contributed by atoms with van der Waals surface area (Å²) in [4.78, 5) is 17.0. The molecule has 114 valence electrons. The Morgan fingerprint density at radius 2 is 2.00 bits per heavy atom. The molecule has 0 fully saturated rings. The Kier molecular flexibility index (Phi) is 3.86. The average Bonchev–Trinajstić information content (AvgIpc) is 2.86. The molecule has 0 unspecified atom stereocenters. The van der Waals surface area contributed by atoms with Crippen LogP contribution in [0.5, 0.6) is 5.75 Å². The van der Waals surface area contributed by atoms with Crippen LogP contribution in [0.4, 0.5) is 0 Å². The van der Waals surface area contributed by atoms with Crippen molar-refractivity contribution in [1.82, 2.24) is 5.48 Å². The zero-order chi connectivity index (χ0) is 15.6. The summed E-state index contributed by atoms with van der Waals surface area (Å²) in [5.74, 6) is 0.534. The van der Waals surface area contributed by atoms with E-state index < -0.39 is 0 Å². The van der Waals surface area contributed by atoms with Crippen LogP contribution in [-0.2, 0) is 16.7 Å². The summed E-state index contributed by atoms with van der Waals surface area (Å²) in [5, 5.41) is 0. The predicted octanol–water partition coefficient (Wildman–Crippen LogP) is 2.87. The molecule has 0 aliphatic carbocycles. The van der Waals surface area contributed by atoms with E-state index in [0.717, 1.165) is 17.7 Å². The van der Waals surface area contributed by atoms with Gasteiger partial charge < -0.3 is 4.74 Å². The highest BCUT2D eigenvalue weighted by Gasteiger charge is 2.39.